The first-order valence-corrected chi connectivity index (χ1v) is 4.04. The highest BCUT2D eigenvalue weighted by Crippen LogP contribution is 2.27. The number of rotatable bonds is 2. The molecule has 50 valence electrons. The largest absolute Gasteiger partial charge is 0.362 e. The van der Waals surface area contributed by atoms with Crippen molar-refractivity contribution in [1.29, 1.82) is 0 Å². The van der Waals surface area contributed by atoms with Crippen LogP contribution >= 0.6 is 23.4 Å². The van der Waals surface area contributed by atoms with E-state index in [1.807, 2.05) is 12.3 Å². The van der Waals surface area contributed by atoms with Crippen molar-refractivity contribution in [2.75, 3.05) is 12.4 Å². The van der Waals surface area contributed by atoms with Crippen molar-refractivity contribution in [1.82, 2.24) is 4.90 Å². The molecule has 0 saturated heterocycles. The first-order chi connectivity index (χ1) is 4.33. The summed E-state index contributed by atoms with van der Waals surface area (Å²) < 4.78 is 0.872. The van der Waals surface area contributed by atoms with Crippen molar-refractivity contribution in [2.45, 2.75) is 0 Å². The van der Waals surface area contributed by atoms with E-state index in [0.29, 0.717) is 0 Å². The Morgan fingerprint density at radius 1 is 2.00 bits per heavy atom. The molecule has 0 spiro atoms. The molecule has 0 saturated carbocycles. The smallest absolute Gasteiger partial charge is 0.0911 e. The van der Waals surface area contributed by atoms with E-state index in [0.717, 1.165) is 16.8 Å². The highest BCUT2D eigenvalue weighted by Gasteiger charge is 2.07. The first kappa shape index (κ1) is 7.03. The second-order valence-corrected chi connectivity index (χ2v) is 3.38. The SMILES string of the molecule is C=CCN1C=C(Cl)SC1. The summed E-state index contributed by atoms with van der Waals surface area (Å²) in [6.45, 7) is 4.52. The second-order valence-electron chi connectivity index (χ2n) is 1.77. The topological polar surface area (TPSA) is 3.24 Å². The van der Waals surface area contributed by atoms with Gasteiger partial charge < -0.3 is 4.90 Å². The zero-order valence-corrected chi connectivity index (χ0v) is 6.58. The monoisotopic (exact) mass is 161 g/mol. The van der Waals surface area contributed by atoms with Crippen LogP contribution in [0.1, 0.15) is 0 Å². The van der Waals surface area contributed by atoms with Crippen LogP contribution in [0.4, 0.5) is 0 Å². The van der Waals surface area contributed by atoms with E-state index in [-0.39, 0.29) is 0 Å². The molecule has 9 heavy (non-hydrogen) atoms. The van der Waals surface area contributed by atoms with Gasteiger partial charge in [-0.3, -0.25) is 0 Å². The summed E-state index contributed by atoms with van der Waals surface area (Å²) in [4.78, 5) is 2.11. The normalized spacial score (nSPS) is 17.9. The summed E-state index contributed by atoms with van der Waals surface area (Å²) >= 11 is 7.34. The van der Waals surface area contributed by atoms with Gasteiger partial charge in [0.2, 0.25) is 0 Å². The van der Waals surface area contributed by atoms with Gasteiger partial charge in [0, 0.05) is 12.7 Å². The lowest BCUT2D eigenvalue weighted by atomic mass is 10.6. The van der Waals surface area contributed by atoms with Gasteiger partial charge in [-0.1, -0.05) is 29.4 Å². The van der Waals surface area contributed by atoms with Gasteiger partial charge in [-0.05, 0) is 0 Å². The van der Waals surface area contributed by atoms with Crippen LogP contribution in [0, 0.1) is 0 Å². The Morgan fingerprint density at radius 2 is 2.78 bits per heavy atom. The van der Waals surface area contributed by atoms with E-state index in [9.17, 15) is 0 Å². The van der Waals surface area contributed by atoms with Crippen molar-refractivity contribution in [3.8, 4) is 0 Å². The van der Waals surface area contributed by atoms with Crippen LogP contribution in [0.5, 0.6) is 0 Å². The van der Waals surface area contributed by atoms with Crippen molar-refractivity contribution < 1.29 is 0 Å². The molecule has 0 radical (unpaired) electrons. The minimum Gasteiger partial charge on any atom is -0.362 e. The molecule has 1 rings (SSSR count). The van der Waals surface area contributed by atoms with Crippen LogP contribution in [0.15, 0.2) is 23.2 Å². The van der Waals surface area contributed by atoms with Crippen LogP contribution in [0.2, 0.25) is 0 Å². The van der Waals surface area contributed by atoms with Gasteiger partial charge in [0.25, 0.3) is 0 Å². The molecule has 0 aliphatic carbocycles. The number of hydrogen-bond acceptors (Lipinski definition) is 2. The summed E-state index contributed by atoms with van der Waals surface area (Å²) in [7, 11) is 0. The summed E-state index contributed by atoms with van der Waals surface area (Å²) in [5.74, 6) is 0.963. The zero-order chi connectivity index (χ0) is 6.69. The Balaban J connectivity index is 2.37. The van der Waals surface area contributed by atoms with Crippen LogP contribution in [0.3, 0.4) is 0 Å². The van der Waals surface area contributed by atoms with Gasteiger partial charge in [0.15, 0.2) is 0 Å². The molecule has 1 aliphatic rings. The quantitative estimate of drug-likeness (QED) is 0.572. The Bertz CT molecular complexity index is 144. The maximum atomic E-state index is 5.69. The van der Waals surface area contributed by atoms with Crippen LogP contribution in [-0.2, 0) is 0 Å². The number of nitrogens with zero attached hydrogens (tertiary/aromatic N) is 1. The summed E-state index contributed by atoms with van der Waals surface area (Å²) in [6.07, 6.45) is 3.81. The molecular weight excluding hydrogens is 154 g/mol. The summed E-state index contributed by atoms with van der Waals surface area (Å²) in [5.41, 5.74) is 0. The molecule has 0 aromatic rings. The molecular formula is C6H8ClNS. The van der Waals surface area contributed by atoms with Crippen LogP contribution in [0.25, 0.3) is 0 Å². The van der Waals surface area contributed by atoms with Crippen molar-refractivity contribution in [3.05, 3.63) is 23.2 Å². The first-order valence-electron chi connectivity index (χ1n) is 2.68. The van der Waals surface area contributed by atoms with E-state index >= 15 is 0 Å². The molecule has 0 unspecified atom stereocenters. The number of thioether (sulfide) groups is 1. The Labute approximate surface area is 64.4 Å². The molecule has 3 heteroatoms. The predicted octanol–water partition coefficient (Wildman–Crippen LogP) is 2.22. The molecule has 0 bridgehead atoms. The van der Waals surface area contributed by atoms with Gasteiger partial charge >= 0.3 is 0 Å². The fraction of sp³-hybridized carbons (Fsp3) is 0.333. The fourth-order valence-electron chi connectivity index (χ4n) is 0.634. The second kappa shape index (κ2) is 3.18. The number of halogens is 1. The van der Waals surface area contributed by atoms with E-state index < -0.39 is 0 Å². The maximum Gasteiger partial charge on any atom is 0.0911 e. The Kier molecular flexibility index (Phi) is 2.49. The third-order valence-corrected chi connectivity index (χ3v) is 2.28. The summed E-state index contributed by atoms with van der Waals surface area (Å²) in [5, 5.41) is 0. The Morgan fingerprint density at radius 3 is 3.22 bits per heavy atom. The third-order valence-electron chi connectivity index (χ3n) is 1.02. The molecule has 0 amide bonds. The number of hydrogen-bond donors (Lipinski definition) is 0. The highest BCUT2D eigenvalue weighted by atomic mass is 35.5. The fourth-order valence-corrected chi connectivity index (χ4v) is 1.61. The highest BCUT2D eigenvalue weighted by molar-refractivity contribution is 8.04. The molecule has 1 aliphatic heterocycles. The maximum absolute atomic E-state index is 5.69. The van der Waals surface area contributed by atoms with Crippen LogP contribution < -0.4 is 0 Å². The average molecular weight is 162 g/mol. The van der Waals surface area contributed by atoms with Gasteiger partial charge in [0.05, 0.1) is 10.2 Å². The molecule has 0 aromatic heterocycles. The van der Waals surface area contributed by atoms with Gasteiger partial charge in [0.1, 0.15) is 0 Å². The summed E-state index contributed by atoms with van der Waals surface area (Å²) in [6, 6.07) is 0. The van der Waals surface area contributed by atoms with Crippen molar-refractivity contribution in [3.63, 3.8) is 0 Å². The average Bonchev–Trinajstić information content (AvgIpc) is 2.17. The standard InChI is InChI=1S/C6H8ClNS/c1-2-3-8-4-6(7)9-5-8/h2,4H,1,3,5H2. The lowest BCUT2D eigenvalue weighted by Crippen LogP contribution is -2.11. The minimum absolute atomic E-state index is 0.872. The molecule has 1 heterocycles. The van der Waals surface area contributed by atoms with Crippen LogP contribution in [-0.4, -0.2) is 17.3 Å². The molecule has 0 N–H and O–H groups in total. The molecule has 0 atom stereocenters. The van der Waals surface area contributed by atoms with E-state index in [4.69, 9.17) is 11.6 Å². The predicted molar refractivity (Wildman–Crippen MR) is 43.3 cm³/mol. The Hall–Kier alpha value is -0.0800. The molecule has 0 fully saturated rings. The van der Waals surface area contributed by atoms with E-state index in [1.165, 1.54) is 0 Å². The lowest BCUT2D eigenvalue weighted by molar-refractivity contribution is 0.499. The van der Waals surface area contributed by atoms with Gasteiger partial charge in [-0.25, -0.2) is 0 Å². The molecule has 1 nitrogen and oxygen atoms in total. The third kappa shape index (κ3) is 1.95. The van der Waals surface area contributed by atoms with E-state index in [2.05, 4.69) is 11.5 Å². The van der Waals surface area contributed by atoms with Crippen molar-refractivity contribution in [2.24, 2.45) is 0 Å². The molecule has 0 aromatic carbocycles. The van der Waals surface area contributed by atoms with Gasteiger partial charge in [-0.2, -0.15) is 0 Å². The zero-order valence-electron chi connectivity index (χ0n) is 5.01. The van der Waals surface area contributed by atoms with E-state index in [1.54, 1.807) is 11.8 Å². The van der Waals surface area contributed by atoms with Crippen molar-refractivity contribution >= 4 is 23.4 Å². The minimum atomic E-state index is 0.872. The van der Waals surface area contributed by atoms with Gasteiger partial charge in [-0.15, -0.1) is 6.58 Å². The lowest BCUT2D eigenvalue weighted by Gasteiger charge is -2.08.